The van der Waals surface area contributed by atoms with Crippen molar-refractivity contribution in [1.29, 1.82) is 0 Å². The van der Waals surface area contributed by atoms with E-state index in [1.165, 1.54) is 12.1 Å². The molecule has 1 N–H and O–H groups in total. The number of aliphatic hydroxyl groups is 1. The first-order chi connectivity index (χ1) is 9.50. The molecule has 0 unspecified atom stereocenters. The fraction of sp³-hybridized carbons (Fsp3) is 0.625. The minimum atomic E-state index is -0.292. The third-order valence-electron chi connectivity index (χ3n) is 4.13. The van der Waals surface area contributed by atoms with Crippen molar-refractivity contribution in [2.75, 3.05) is 27.3 Å². The summed E-state index contributed by atoms with van der Waals surface area (Å²) in [6.07, 6.45) is 1.87. The smallest absolute Gasteiger partial charge is 0.126 e. The molecule has 0 aliphatic heterocycles. The second-order valence-corrected chi connectivity index (χ2v) is 5.49. The standard InChI is InChI=1S/C16H26FNO2/c1-5-16(6-2,12-19)11-18(3)10-13-7-8-14(17)9-15(13)20-4/h7-9,19H,5-6,10-12H2,1-4H3. The average Bonchev–Trinajstić information content (AvgIpc) is 2.46. The quantitative estimate of drug-likeness (QED) is 0.796. The highest BCUT2D eigenvalue weighted by atomic mass is 19.1. The van der Waals surface area contributed by atoms with Gasteiger partial charge in [-0.15, -0.1) is 0 Å². The molecule has 4 heteroatoms. The Morgan fingerprint density at radius 2 is 1.95 bits per heavy atom. The fourth-order valence-electron chi connectivity index (χ4n) is 2.52. The van der Waals surface area contributed by atoms with Crippen LogP contribution in [0.25, 0.3) is 0 Å². The van der Waals surface area contributed by atoms with Crippen LogP contribution in [0.1, 0.15) is 32.3 Å². The zero-order valence-electron chi connectivity index (χ0n) is 12.9. The van der Waals surface area contributed by atoms with Gasteiger partial charge in [-0.25, -0.2) is 4.39 Å². The maximum absolute atomic E-state index is 13.2. The molecule has 0 radical (unpaired) electrons. The van der Waals surface area contributed by atoms with Crippen LogP contribution < -0.4 is 4.74 Å². The van der Waals surface area contributed by atoms with Crippen LogP contribution in [0.3, 0.4) is 0 Å². The van der Waals surface area contributed by atoms with Crippen LogP contribution in [0.2, 0.25) is 0 Å². The van der Waals surface area contributed by atoms with Crippen LogP contribution in [0.5, 0.6) is 5.75 Å². The fourth-order valence-corrected chi connectivity index (χ4v) is 2.52. The number of hydrogen-bond acceptors (Lipinski definition) is 3. The SMILES string of the molecule is CCC(CC)(CO)CN(C)Cc1ccc(F)cc1OC. The molecule has 0 amide bonds. The summed E-state index contributed by atoms with van der Waals surface area (Å²) in [5.41, 5.74) is 0.887. The molecule has 1 aromatic carbocycles. The van der Waals surface area contributed by atoms with Crippen molar-refractivity contribution < 1.29 is 14.2 Å². The number of hydrogen-bond donors (Lipinski definition) is 1. The molecule has 0 saturated carbocycles. The second kappa shape index (κ2) is 7.60. The Balaban J connectivity index is 2.78. The Morgan fingerprint density at radius 3 is 2.45 bits per heavy atom. The van der Waals surface area contributed by atoms with Gasteiger partial charge >= 0.3 is 0 Å². The number of ether oxygens (including phenoxy) is 1. The van der Waals surface area contributed by atoms with Gasteiger partial charge in [-0.2, -0.15) is 0 Å². The largest absolute Gasteiger partial charge is 0.496 e. The molecular weight excluding hydrogens is 257 g/mol. The minimum absolute atomic E-state index is 0.0674. The zero-order chi connectivity index (χ0) is 15.2. The average molecular weight is 283 g/mol. The predicted molar refractivity (Wildman–Crippen MR) is 79.4 cm³/mol. The van der Waals surface area contributed by atoms with Gasteiger partial charge in [0.05, 0.1) is 7.11 Å². The van der Waals surface area contributed by atoms with E-state index < -0.39 is 0 Å². The molecule has 1 rings (SSSR count). The van der Waals surface area contributed by atoms with Crippen molar-refractivity contribution >= 4 is 0 Å². The Morgan fingerprint density at radius 1 is 1.30 bits per heavy atom. The van der Waals surface area contributed by atoms with E-state index in [2.05, 4.69) is 18.7 Å². The van der Waals surface area contributed by atoms with E-state index in [1.807, 2.05) is 7.05 Å². The number of rotatable bonds is 8. The van der Waals surface area contributed by atoms with Gasteiger partial charge in [-0.3, -0.25) is 0 Å². The van der Waals surface area contributed by atoms with Gasteiger partial charge in [0, 0.05) is 36.7 Å². The molecule has 0 spiro atoms. The Hall–Kier alpha value is -1.13. The lowest BCUT2D eigenvalue weighted by molar-refractivity contribution is 0.0728. The molecule has 1 aromatic rings. The molecule has 0 aliphatic rings. The van der Waals surface area contributed by atoms with Gasteiger partial charge in [0.15, 0.2) is 0 Å². The summed E-state index contributed by atoms with van der Waals surface area (Å²) in [4.78, 5) is 2.15. The van der Waals surface area contributed by atoms with Gasteiger partial charge in [-0.1, -0.05) is 19.9 Å². The number of methoxy groups -OCH3 is 1. The molecule has 0 aliphatic carbocycles. The van der Waals surface area contributed by atoms with E-state index in [1.54, 1.807) is 13.2 Å². The molecule has 0 atom stereocenters. The number of halogens is 1. The van der Waals surface area contributed by atoms with E-state index in [0.29, 0.717) is 12.3 Å². The minimum Gasteiger partial charge on any atom is -0.496 e. The summed E-state index contributed by atoms with van der Waals surface area (Å²) in [7, 11) is 3.56. The van der Waals surface area contributed by atoms with Gasteiger partial charge in [-0.05, 0) is 26.0 Å². The third kappa shape index (κ3) is 4.18. The van der Waals surface area contributed by atoms with Crippen molar-refractivity contribution in [3.05, 3.63) is 29.6 Å². The van der Waals surface area contributed by atoms with Gasteiger partial charge in [0.2, 0.25) is 0 Å². The Kier molecular flexibility index (Phi) is 6.43. The normalized spacial score (nSPS) is 11.9. The van der Waals surface area contributed by atoms with E-state index in [9.17, 15) is 9.50 Å². The molecule has 0 bridgehead atoms. The Labute approximate surface area is 121 Å². The number of nitrogens with zero attached hydrogens (tertiary/aromatic N) is 1. The van der Waals surface area contributed by atoms with Gasteiger partial charge in [0.1, 0.15) is 11.6 Å². The topological polar surface area (TPSA) is 32.7 Å². The van der Waals surface area contributed by atoms with Crippen molar-refractivity contribution in [2.45, 2.75) is 33.2 Å². The van der Waals surface area contributed by atoms with Crippen LogP contribution in [0.4, 0.5) is 4.39 Å². The first-order valence-corrected chi connectivity index (χ1v) is 7.12. The first kappa shape index (κ1) is 16.9. The van der Waals surface area contributed by atoms with E-state index in [0.717, 1.165) is 24.9 Å². The number of benzene rings is 1. The van der Waals surface area contributed by atoms with Crippen molar-refractivity contribution in [3.8, 4) is 5.75 Å². The molecule has 0 fully saturated rings. The molecule has 114 valence electrons. The first-order valence-electron chi connectivity index (χ1n) is 7.12. The highest BCUT2D eigenvalue weighted by Gasteiger charge is 2.27. The lowest BCUT2D eigenvalue weighted by atomic mass is 9.82. The summed E-state index contributed by atoms with van der Waals surface area (Å²) >= 11 is 0. The van der Waals surface area contributed by atoms with Crippen molar-refractivity contribution in [3.63, 3.8) is 0 Å². The van der Waals surface area contributed by atoms with E-state index in [4.69, 9.17) is 4.74 Å². The lowest BCUT2D eigenvalue weighted by Crippen LogP contribution is -2.37. The van der Waals surface area contributed by atoms with E-state index in [-0.39, 0.29) is 17.8 Å². The summed E-state index contributed by atoms with van der Waals surface area (Å²) < 4.78 is 18.4. The summed E-state index contributed by atoms with van der Waals surface area (Å²) in [5, 5.41) is 9.63. The summed E-state index contributed by atoms with van der Waals surface area (Å²) in [6, 6.07) is 4.61. The van der Waals surface area contributed by atoms with Gasteiger partial charge in [0.25, 0.3) is 0 Å². The van der Waals surface area contributed by atoms with Crippen LogP contribution in [-0.2, 0) is 6.54 Å². The molecule has 0 aromatic heterocycles. The Bertz CT molecular complexity index is 411. The monoisotopic (exact) mass is 283 g/mol. The van der Waals surface area contributed by atoms with Crippen LogP contribution >= 0.6 is 0 Å². The van der Waals surface area contributed by atoms with Crippen LogP contribution in [0, 0.1) is 11.2 Å². The third-order valence-corrected chi connectivity index (χ3v) is 4.13. The number of aliphatic hydroxyl groups excluding tert-OH is 1. The molecule has 3 nitrogen and oxygen atoms in total. The summed E-state index contributed by atoms with van der Waals surface area (Å²) in [6.45, 7) is 5.87. The van der Waals surface area contributed by atoms with Crippen LogP contribution in [0.15, 0.2) is 18.2 Å². The van der Waals surface area contributed by atoms with Gasteiger partial charge < -0.3 is 14.7 Å². The van der Waals surface area contributed by atoms with Crippen LogP contribution in [-0.4, -0.2) is 37.3 Å². The van der Waals surface area contributed by atoms with E-state index >= 15 is 0 Å². The molecule has 20 heavy (non-hydrogen) atoms. The van der Waals surface area contributed by atoms with Crippen molar-refractivity contribution in [1.82, 2.24) is 4.90 Å². The molecular formula is C16H26FNO2. The van der Waals surface area contributed by atoms with Crippen molar-refractivity contribution in [2.24, 2.45) is 5.41 Å². The zero-order valence-corrected chi connectivity index (χ0v) is 12.9. The summed E-state index contributed by atoms with van der Waals surface area (Å²) in [5.74, 6) is 0.277. The molecule has 0 saturated heterocycles. The maximum atomic E-state index is 13.2. The second-order valence-electron chi connectivity index (χ2n) is 5.49. The highest BCUT2D eigenvalue weighted by molar-refractivity contribution is 5.33. The lowest BCUT2D eigenvalue weighted by Gasteiger charge is -2.34. The molecule has 0 heterocycles. The highest BCUT2D eigenvalue weighted by Crippen LogP contribution is 2.28. The maximum Gasteiger partial charge on any atom is 0.126 e. The predicted octanol–water partition coefficient (Wildman–Crippen LogP) is 3.06.